The Morgan fingerprint density at radius 2 is 2.14 bits per heavy atom. The molecule has 0 saturated carbocycles. The van der Waals surface area contributed by atoms with Crippen LogP contribution < -0.4 is 0 Å². The summed E-state index contributed by atoms with van der Waals surface area (Å²) in [6.07, 6.45) is 3.66. The lowest BCUT2D eigenvalue weighted by molar-refractivity contribution is 0.112. The highest BCUT2D eigenvalue weighted by Crippen LogP contribution is 2.24. The molecule has 0 aliphatic heterocycles. The van der Waals surface area contributed by atoms with Crippen molar-refractivity contribution in [2.75, 3.05) is 0 Å². The van der Waals surface area contributed by atoms with Crippen LogP contribution in [0.5, 0.6) is 0 Å². The van der Waals surface area contributed by atoms with Gasteiger partial charge in [0.2, 0.25) is 0 Å². The Morgan fingerprint density at radius 1 is 1.33 bits per heavy atom. The molecule has 0 amide bonds. The molecule has 0 spiro atoms. The zero-order chi connectivity index (χ0) is 15.0. The summed E-state index contributed by atoms with van der Waals surface area (Å²) >= 11 is 6.08. The van der Waals surface area contributed by atoms with E-state index < -0.39 is 0 Å². The predicted molar refractivity (Wildman–Crippen MR) is 84.0 cm³/mol. The van der Waals surface area contributed by atoms with Gasteiger partial charge in [-0.25, -0.2) is 0 Å². The topological polar surface area (TPSA) is 39.8 Å². The fraction of sp³-hybridized carbons (Fsp3) is 0.250. The Balaban J connectivity index is 2.09. The third-order valence-electron chi connectivity index (χ3n) is 3.72. The molecule has 108 valence electrons. The van der Waals surface area contributed by atoms with E-state index in [4.69, 9.17) is 11.6 Å². The molecule has 3 aromatic rings. The number of hydrogen-bond acceptors (Lipinski definition) is 2. The van der Waals surface area contributed by atoms with E-state index in [0.717, 1.165) is 35.0 Å². The van der Waals surface area contributed by atoms with Gasteiger partial charge < -0.3 is 4.57 Å². The molecule has 2 heterocycles. The van der Waals surface area contributed by atoms with Crippen molar-refractivity contribution < 1.29 is 4.79 Å². The summed E-state index contributed by atoms with van der Waals surface area (Å²) in [5, 5.41) is 6.05. The molecule has 3 rings (SSSR count). The van der Waals surface area contributed by atoms with E-state index in [9.17, 15) is 4.79 Å². The van der Waals surface area contributed by atoms with Crippen molar-refractivity contribution in [1.82, 2.24) is 14.3 Å². The lowest BCUT2D eigenvalue weighted by Gasteiger charge is -2.06. The first-order valence-corrected chi connectivity index (χ1v) is 7.25. The van der Waals surface area contributed by atoms with Crippen LogP contribution in [0.2, 0.25) is 5.02 Å². The summed E-state index contributed by atoms with van der Waals surface area (Å²) in [5.41, 5.74) is 3.81. The predicted octanol–water partition coefficient (Wildman–Crippen LogP) is 3.45. The number of halogens is 1. The Hall–Kier alpha value is -2.07. The number of hydrogen-bond donors (Lipinski definition) is 0. The standard InChI is InChI=1S/C16H16ClN3O/c1-3-13-7-14(19(2)18-13)9-20-8-11(10-21)15-5-4-12(17)6-16(15)20/h4-8,10H,3,9H2,1-2H3. The second-order valence-electron chi connectivity index (χ2n) is 5.10. The molecule has 0 atom stereocenters. The van der Waals surface area contributed by atoms with Crippen molar-refractivity contribution in [1.29, 1.82) is 0 Å². The average Bonchev–Trinajstić information content (AvgIpc) is 3.00. The number of rotatable bonds is 4. The van der Waals surface area contributed by atoms with E-state index in [1.165, 1.54) is 0 Å². The molecule has 0 N–H and O–H groups in total. The summed E-state index contributed by atoms with van der Waals surface area (Å²) in [4.78, 5) is 11.2. The number of aryl methyl sites for hydroxylation is 2. The van der Waals surface area contributed by atoms with Gasteiger partial charge in [0.05, 0.1) is 23.4 Å². The van der Waals surface area contributed by atoms with Gasteiger partial charge in [-0.3, -0.25) is 9.48 Å². The van der Waals surface area contributed by atoms with Crippen LogP contribution in [0, 0.1) is 0 Å². The van der Waals surface area contributed by atoms with E-state index in [0.29, 0.717) is 17.1 Å². The maximum Gasteiger partial charge on any atom is 0.152 e. The molecule has 4 nitrogen and oxygen atoms in total. The number of aromatic nitrogens is 3. The quantitative estimate of drug-likeness (QED) is 0.692. The molecule has 0 radical (unpaired) electrons. The first-order valence-electron chi connectivity index (χ1n) is 6.87. The van der Waals surface area contributed by atoms with Gasteiger partial charge in [-0.15, -0.1) is 0 Å². The smallest absolute Gasteiger partial charge is 0.152 e. The fourth-order valence-corrected chi connectivity index (χ4v) is 2.75. The van der Waals surface area contributed by atoms with Crippen LogP contribution in [-0.2, 0) is 20.0 Å². The fourth-order valence-electron chi connectivity index (χ4n) is 2.59. The van der Waals surface area contributed by atoms with Crippen molar-refractivity contribution in [3.05, 3.63) is 52.4 Å². The molecule has 0 fully saturated rings. The number of aldehydes is 1. The number of nitrogens with zero attached hydrogens (tertiary/aromatic N) is 3. The van der Waals surface area contributed by atoms with Gasteiger partial charge in [-0.2, -0.15) is 5.10 Å². The first-order chi connectivity index (χ1) is 10.1. The van der Waals surface area contributed by atoms with Gasteiger partial charge in [0.15, 0.2) is 6.29 Å². The van der Waals surface area contributed by atoms with Crippen LogP contribution in [0.15, 0.2) is 30.5 Å². The molecule has 0 saturated heterocycles. The summed E-state index contributed by atoms with van der Waals surface area (Å²) < 4.78 is 3.93. The number of carbonyl (C=O) groups is 1. The van der Waals surface area contributed by atoms with E-state index in [-0.39, 0.29) is 0 Å². The maximum atomic E-state index is 11.2. The van der Waals surface area contributed by atoms with Gasteiger partial charge in [-0.05, 0) is 24.6 Å². The molecule has 2 aromatic heterocycles. The first kappa shape index (κ1) is 13.9. The van der Waals surface area contributed by atoms with Crippen molar-refractivity contribution in [3.63, 3.8) is 0 Å². The molecule has 0 aliphatic carbocycles. The molecule has 1 aromatic carbocycles. The SMILES string of the molecule is CCc1cc(Cn2cc(C=O)c3ccc(Cl)cc32)n(C)n1. The van der Waals surface area contributed by atoms with Gasteiger partial charge in [-0.1, -0.05) is 24.6 Å². The van der Waals surface area contributed by atoms with Crippen molar-refractivity contribution in [2.45, 2.75) is 19.9 Å². The van der Waals surface area contributed by atoms with Crippen molar-refractivity contribution >= 4 is 28.8 Å². The van der Waals surface area contributed by atoms with Crippen LogP contribution in [-0.4, -0.2) is 20.6 Å². The van der Waals surface area contributed by atoms with Gasteiger partial charge >= 0.3 is 0 Å². The third-order valence-corrected chi connectivity index (χ3v) is 3.96. The zero-order valence-corrected chi connectivity index (χ0v) is 12.8. The lowest BCUT2D eigenvalue weighted by Crippen LogP contribution is -2.04. The highest BCUT2D eigenvalue weighted by molar-refractivity contribution is 6.31. The van der Waals surface area contributed by atoms with Crippen molar-refractivity contribution in [3.8, 4) is 0 Å². The minimum absolute atomic E-state index is 0.661. The molecule has 21 heavy (non-hydrogen) atoms. The van der Waals surface area contributed by atoms with Crippen LogP contribution in [0.1, 0.15) is 28.7 Å². The van der Waals surface area contributed by atoms with Gasteiger partial charge in [0, 0.05) is 29.2 Å². The van der Waals surface area contributed by atoms with E-state index in [1.54, 1.807) is 6.07 Å². The summed E-state index contributed by atoms with van der Waals surface area (Å²) in [5.74, 6) is 0. The summed E-state index contributed by atoms with van der Waals surface area (Å²) in [6.45, 7) is 2.75. The number of benzene rings is 1. The van der Waals surface area contributed by atoms with E-state index in [2.05, 4.69) is 18.1 Å². The third kappa shape index (κ3) is 2.47. The highest BCUT2D eigenvalue weighted by atomic mass is 35.5. The second-order valence-corrected chi connectivity index (χ2v) is 5.53. The molecule has 0 unspecified atom stereocenters. The highest BCUT2D eigenvalue weighted by Gasteiger charge is 2.11. The van der Waals surface area contributed by atoms with E-state index >= 15 is 0 Å². The van der Waals surface area contributed by atoms with E-state index in [1.807, 2.05) is 34.6 Å². The number of carbonyl (C=O) groups excluding carboxylic acids is 1. The van der Waals surface area contributed by atoms with Crippen LogP contribution in [0.4, 0.5) is 0 Å². The molecule has 0 aliphatic rings. The Morgan fingerprint density at radius 3 is 2.81 bits per heavy atom. The Bertz CT molecular complexity index is 816. The number of fused-ring (bicyclic) bond motifs is 1. The van der Waals surface area contributed by atoms with Crippen molar-refractivity contribution in [2.24, 2.45) is 7.05 Å². The Labute approximate surface area is 127 Å². The Kier molecular flexibility index (Phi) is 3.55. The van der Waals surface area contributed by atoms with Crippen LogP contribution >= 0.6 is 11.6 Å². The van der Waals surface area contributed by atoms with Gasteiger partial charge in [0.1, 0.15) is 0 Å². The molecular weight excluding hydrogens is 286 g/mol. The normalized spacial score (nSPS) is 11.2. The average molecular weight is 302 g/mol. The largest absolute Gasteiger partial charge is 0.341 e. The molecule has 5 heteroatoms. The molecular formula is C16H16ClN3O. The van der Waals surface area contributed by atoms with Crippen LogP contribution in [0.3, 0.4) is 0 Å². The monoisotopic (exact) mass is 301 g/mol. The van der Waals surface area contributed by atoms with Gasteiger partial charge in [0.25, 0.3) is 0 Å². The minimum atomic E-state index is 0.661. The molecule has 0 bridgehead atoms. The lowest BCUT2D eigenvalue weighted by atomic mass is 10.2. The maximum absolute atomic E-state index is 11.2. The zero-order valence-electron chi connectivity index (χ0n) is 12.0. The minimum Gasteiger partial charge on any atom is -0.341 e. The summed E-state index contributed by atoms with van der Waals surface area (Å²) in [6, 6.07) is 7.68. The second kappa shape index (κ2) is 5.37. The summed E-state index contributed by atoms with van der Waals surface area (Å²) in [7, 11) is 1.94. The van der Waals surface area contributed by atoms with Crippen LogP contribution in [0.25, 0.3) is 10.9 Å².